The van der Waals surface area contributed by atoms with Crippen LogP contribution in [-0.2, 0) is 42.9 Å². The van der Waals surface area contributed by atoms with E-state index < -0.39 is 67.3 Å². The molecule has 0 aromatic carbocycles. The first-order chi connectivity index (χ1) is 37.6. The van der Waals surface area contributed by atoms with Crippen molar-refractivity contribution in [2.75, 3.05) is 13.2 Å². The van der Waals surface area contributed by atoms with Crippen LogP contribution in [0.2, 0.25) is 0 Å². The lowest BCUT2D eigenvalue weighted by atomic mass is 9.98. The molecule has 1 rings (SSSR count). The highest BCUT2D eigenvalue weighted by Gasteiger charge is 2.50. The fraction of sp³-hybridized carbons (Fsp3) is 0.723. The molecule has 0 aliphatic carbocycles. The van der Waals surface area contributed by atoms with Gasteiger partial charge in [0.15, 0.2) is 24.6 Å². The lowest BCUT2D eigenvalue weighted by Gasteiger charge is -2.40. The molecule has 1 heterocycles. The Hall–Kier alpha value is -4.10. The van der Waals surface area contributed by atoms with Crippen LogP contribution in [0.5, 0.6) is 0 Å². The third kappa shape index (κ3) is 42.5. The van der Waals surface area contributed by atoms with Gasteiger partial charge in [-0.1, -0.05) is 234 Å². The van der Waals surface area contributed by atoms with Gasteiger partial charge in [-0.3, -0.25) is 14.4 Å². The van der Waals surface area contributed by atoms with Crippen molar-refractivity contribution >= 4 is 23.9 Å². The number of carboxylic acid groups (broad SMARTS) is 1. The van der Waals surface area contributed by atoms with Gasteiger partial charge in [0.1, 0.15) is 18.8 Å². The summed E-state index contributed by atoms with van der Waals surface area (Å²) in [5.41, 5.74) is 0. The quantitative estimate of drug-likeness (QED) is 0.0228. The number of esters is 3. The van der Waals surface area contributed by atoms with Crippen molar-refractivity contribution in [1.29, 1.82) is 0 Å². The summed E-state index contributed by atoms with van der Waals surface area (Å²) in [7, 11) is 0. The molecule has 0 amide bonds. The zero-order valence-electron chi connectivity index (χ0n) is 48.4. The smallest absolute Gasteiger partial charge is 0.335 e. The highest BCUT2D eigenvalue weighted by atomic mass is 16.7. The number of carboxylic acids is 1. The van der Waals surface area contributed by atoms with Gasteiger partial charge in [-0.25, -0.2) is 4.79 Å². The monoisotopic (exact) mass is 1080 g/mol. The molecule has 1 fully saturated rings. The lowest BCUT2D eigenvalue weighted by molar-refractivity contribution is -0.301. The predicted octanol–water partition coefficient (Wildman–Crippen LogP) is 15.9. The van der Waals surface area contributed by atoms with Crippen molar-refractivity contribution in [2.45, 2.75) is 289 Å². The molecule has 0 aromatic heterocycles. The number of aliphatic carboxylic acids is 1. The largest absolute Gasteiger partial charge is 0.479 e. The Morgan fingerprint density at radius 2 is 0.844 bits per heavy atom. The van der Waals surface area contributed by atoms with Crippen molar-refractivity contribution in [3.8, 4) is 0 Å². The van der Waals surface area contributed by atoms with Crippen LogP contribution in [0.4, 0.5) is 0 Å². The Bertz CT molecular complexity index is 1660. The maximum Gasteiger partial charge on any atom is 0.335 e. The summed E-state index contributed by atoms with van der Waals surface area (Å²) in [4.78, 5) is 51.1. The molecular weight excluding hydrogens is 973 g/mol. The van der Waals surface area contributed by atoms with Crippen molar-refractivity contribution in [3.05, 3.63) is 85.1 Å². The minimum absolute atomic E-state index is 0.0664. The molecule has 0 saturated carbocycles. The summed E-state index contributed by atoms with van der Waals surface area (Å²) < 4.78 is 28.3. The van der Waals surface area contributed by atoms with E-state index in [-0.39, 0.29) is 25.9 Å². The fourth-order valence-electron chi connectivity index (χ4n) is 8.80. The Morgan fingerprint density at radius 1 is 0.442 bits per heavy atom. The van der Waals surface area contributed by atoms with E-state index in [1.807, 2.05) is 18.2 Å². The van der Waals surface area contributed by atoms with Gasteiger partial charge < -0.3 is 39.0 Å². The fourth-order valence-corrected chi connectivity index (χ4v) is 8.80. The van der Waals surface area contributed by atoms with Gasteiger partial charge in [0.05, 0.1) is 6.61 Å². The summed E-state index contributed by atoms with van der Waals surface area (Å²) in [6, 6.07) is 0. The van der Waals surface area contributed by atoms with E-state index in [9.17, 15) is 34.5 Å². The van der Waals surface area contributed by atoms with E-state index in [1.165, 1.54) is 109 Å². The molecule has 440 valence electrons. The number of aliphatic hydroxyl groups is 2. The zero-order valence-corrected chi connectivity index (χ0v) is 48.4. The van der Waals surface area contributed by atoms with E-state index in [0.29, 0.717) is 25.7 Å². The van der Waals surface area contributed by atoms with Gasteiger partial charge in [-0.15, -0.1) is 0 Å². The van der Waals surface area contributed by atoms with Crippen LogP contribution in [-0.4, -0.2) is 89.2 Å². The number of hydrogen-bond donors (Lipinski definition) is 3. The first-order valence-corrected chi connectivity index (χ1v) is 30.6. The topological polar surface area (TPSA) is 175 Å². The Labute approximate surface area is 467 Å². The molecule has 0 spiro atoms. The van der Waals surface area contributed by atoms with Gasteiger partial charge in [0.25, 0.3) is 0 Å². The van der Waals surface area contributed by atoms with Crippen LogP contribution >= 0.6 is 0 Å². The summed E-state index contributed by atoms with van der Waals surface area (Å²) in [5, 5.41) is 31.5. The van der Waals surface area contributed by atoms with Gasteiger partial charge in [-0.05, 0) is 83.5 Å². The average Bonchev–Trinajstić information content (AvgIpc) is 3.42. The van der Waals surface area contributed by atoms with Gasteiger partial charge in [0, 0.05) is 19.3 Å². The number of carbonyl (C=O) groups is 4. The Balaban J connectivity index is 2.70. The maximum atomic E-state index is 13.1. The van der Waals surface area contributed by atoms with E-state index in [2.05, 4.69) is 87.6 Å². The second-order valence-electron chi connectivity index (χ2n) is 20.6. The normalized spacial score (nSPS) is 18.6. The highest BCUT2D eigenvalue weighted by molar-refractivity contribution is 5.74. The van der Waals surface area contributed by atoms with Crippen molar-refractivity contribution < 1.29 is 58.2 Å². The van der Waals surface area contributed by atoms with Crippen LogP contribution in [0.15, 0.2) is 85.1 Å². The Morgan fingerprint density at radius 3 is 1.30 bits per heavy atom. The van der Waals surface area contributed by atoms with Gasteiger partial charge in [0.2, 0.25) is 0 Å². The molecule has 1 aliphatic heterocycles. The standard InChI is InChI=1S/C65H108O12/c1-4-7-10-13-16-19-22-24-26-28-29-31-33-35-38-41-44-47-50-53-59(68)76-63-61(70)60(69)62(64(71)72)77-65(63)74-55-56(75-58(67)52-49-46-43-40-36-21-18-15-12-9-6-3)54-73-57(66)51-48-45-42-39-37-34-32-30-27-25-23-20-17-14-11-8-5-2/h7,10,16,19,24-27,29,31,35,38,44,47,56,60-63,65,69-70H,4-6,8-9,11-15,17-18,20-23,28,30,32-34,36-37,39-43,45-46,48-55H2,1-3H3,(H,71,72)/b10-7-,19-16-,26-24-,27-25-,31-29-,38-35-,47-44-. The summed E-state index contributed by atoms with van der Waals surface area (Å²) >= 11 is 0. The number of ether oxygens (including phenoxy) is 5. The summed E-state index contributed by atoms with van der Waals surface area (Å²) in [6.07, 6.45) is 55.6. The summed E-state index contributed by atoms with van der Waals surface area (Å²) in [5.74, 6) is -3.23. The number of aliphatic hydroxyl groups excluding tert-OH is 2. The average molecular weight is 1080 g/mol. The third-order valence-electron chi connectivity index (χ3n) is 13.5. The van der Waals surface area contributed by atoms with Crippen molar-refractivity contribution in [2.24, 2.45) is 0 Å². The van der Waals surface area contributed by atoms with Crippen LogP contribution in [0.1, 0.15) is 252 Å². The van der Waals surface area contributed by atoms with E-state index in [4.69, 9.17) is 23.7 Å². The molecule has 0 radical (unpaired) electrons. The number of rotatable bonds is 51. The predicted molar refractivity (Wildman–Crippen MR) is 312 cm³/mol. The molecule has 77 heavy (non-hydrogen) atoms. The van der Waals surface area contributed by atoms with Gasteiger partial charge in [-0.2, -0.15) is 0 Å². The Kier molecular flexibility index (Phi) is 48.4. The highest BCUT2D eigenvalue weighted by Crippen LogP contribution is 2.26. The maximum absolute atomic E-state index is 13.1. The molecular formula is C65H108O12. The zero-order chi connectivity index (χ0) is 56.1. The molecule has 3 N–H and O–H groups in total. The van der Waals surface area contributed by atoms with Crippen molar-refractivity contribution in [1.82, 2.24) is 0 Å². The molecule has 1 aliphatic rings. The molecule has 1 saturated heterocycles. The van der Waals surface area contributed by atoms with Crippen LogP contribution in [0.25, 0.3) is 0 Å². The number of carbonyl (C=O) groups excluding carboxylic acids is 3. The van der Waals surface area contributed by atoms with E-state index in [1.54, 1.807) is 0 Å². The van der Waals surface area contributed by atoms with E-state index in [0.717, 1.165) is 77.0 Å². The molecule has 12 nitrogen and oxygen atoms in total. The molecule has 0 aromatic rings. The summed E-state index contributed by atoms with van der Waals surface area (Å²) in [6.45, 7) is 5.84. The minimum Gasteiger partial charge on any atom is -0.479 e. The number of hydrogen-bond acceptors (Lipinski definition) is 11. The molecule has 0 bridgehead atoms. The van der Waals surface area contributed by atoms with Crippen molar-refractivity contribution in [3.63, 3.8) is 0 Å². The second-order valence-corrected chi connectivity index (χ2v) is 20.6. The second kappa shape index (κ2) is 52.6. The first-order valence-electron chi connectivity index (χ1n) is 30.6. The first kappa shape index (κ1) is 70.9. The van der Waals surface area contributed by atoms with E-state index >= 15 is 0 Å². The van der Waals surface area contributed by atoms with Crippen LogP contribution < -0.4 is 0 Å². The van der Waals surface area contributed by atoms with Crippen LogP contribution in [0, 0.1) is 0 Å². The molecule has 6 unspecified atom stereocenters. The molecule has 6 atom stereocenters. The van der Waals surface area contributed by atoms with Crippen LogP contribution in [0.3, 0.4) is 0 Å². The molecule has 12 heteroatoms. The minimum atomic E-state index is -1.93. The SMILES string of the molecule is CC/C=C\C/C=C\C/C=C\C/C=C\C/C=C\C/C=C\CCC(=O)OC1C(OCC(COC(=O)CCCCCCCCC/C=C\CCCCCCCC)OC(=O)CCCCCCCCCCCCC)OC(C(=O)O)C(O)C1O. The number of unbranched alkanes of at least 4 members (excludes halogenated alkanes) is 23. The van der Waals surface area contributed by atoms with Gasteiger partial charge >= 0.3 is 23.9 Å². The number of allylic oxidation sites excluding steroid dienone is 14. The third-order valence-corrected chi connectivity index (χ3v) is 13.5. The lowest BCUT2D eigenvalue weighted by Crippen LogP contribution is -2.61.